The number of benzene rings is 1. The molecule has 0 aromatic heterocycles. The van der Waals surface area contributed by atoms with E-state index in [1.54, 1.807) is 0 Å². The van der Waals surface area contributed by atoms with Crippen molar-refractivity contribution in [2.45, 2.75) is 44.6 Å². The van der Waals surface area contributed by atoms with Gasteiger partial charge in [0.1, 0.15) is 0 Å². The molecule has 1 aromatic carbocycles. The topological polar surface area (TPSA) is 26.0 Å². The maximum Gasteiger partial charge on any atom is 0.0453 e. The van der Waals surface area contributed by atoms with Crippen LogP contribution < -0.4 is 5.73 Å². The zero-order chi connectivity index (χ0) is 13.4. The quantitative estimate of drug-likeness (QED) is 0.857. The standard InChI is InChI=1S/C16H21Cl2N/c17-15-2-1-3-16(18)14(15)9-13(19)8-12-7-10-4-5-11(12)6-10/h1-3,10-13H,4-9,19H2. The summed E-state index contributed by atoms with van der Waals surface area (Å²) in [6, 6.07) is 5.86. The Morgan fingerprint density at radius 2 is 1.89 bits per heavy atom. The summed E-state index contributed by atoms with van der Waals surface area (Å²) in [5.74, 6) is 2.78. The molecule has 0 amide bonds. The molecule has 2 aliphatic carbocycles. The summed E-state index contributed by atoms with van der Waals surface area (Å²) in [6.45, 7) is 0. The van der Waals surface area contributed by atoms with Crippen molar-refractivity contribution in [3.05, 3.63) is 33.8 Å². The average Bonchev–Trinajstić information content (AvgIpc) is 2.96. The number of hydrogen-bond acceptors (Lipinski definition) is 1. The second-order valence-electron chi connectivity index (χ2n) is 6.34. The first-order chi connectivity index (χ1) is 9.13. The van der Waals surface area contributed by atoms with Gasteiger partial charge in [-0.05, 0) is 67.6 Å². The molecule has 0 spiro atoms. The second-order valence-corrected chi connectivity index (χ2v) is 7.15. The normalized spacial score (nSPS) is 30.8. The fraction of sp³-hybridized carbons (Fsp3) is 0.625. The van der Waals surface area contributed by atoms with E-state index in [1.165, 1.54) is 25.7 Å². The van der Waals surface area contributed by atoms with E-state index in [0.29, 0.717) is 0 Å². The van der Waals surface area contributed by atoms with E-state index in [0.717, 1.165) is 46.2 Å². The van der Waals surface area contributed by atoms with E-state index in [4.69, 9.17) is 28.9 Å². The molecule has 0 radical (unpaired) electrons. The molecule has 0 heterocycles. The summed E-state index contributed by atoms with van der Waals surface area (Å²) in [4.78, 5) is 0. The molecule has 2 saturated carbocycles. The van der Waals surface area contributed by atoms with Crippen molar-refractivity contribution in [2.75, 3.05) is 0 Å². The Balaban J connectivity index is 1.61. The highest BCUT2D eigenvalue weighted by Crippen LogP contribution is 2.49. The lowest BCUT2D eigenvalue weighted by molar-refractivity contribution is 0.294. The van der Waals surface area contributed by atoms with Crippen molar-refractivity contribution >= 4 is 23.2 Å². The number of rotatable bonds is 4. The van der Waals surface area contributed by atoms with Crippen molar-refractivity contribution < 1.29 is 0 Å². The first-order valence-corrected chi connectivity index (χ1v) is 8.07. The summed E-state index contributed by atoms with van der Waals surface area (Å²) >= 11 is 12.4. The average molecular weight is 298 g/mol. The third kappa shape index (κ3) is 2.94. The van der Waals surface area contributed by atoms with Crippen molar-refractivity contribution in [1.29, 1.82) is 0 Å². The third-order valence-corrected chi connectivity index (χ3v) is 5.73. The molecule has 0 aliphatic heterocycles. The Bertz CT molecular complexity index is 440. The van der Waals surface area contributed by atoms with E-state index in [9.17, 15) is 0 Å². The van der Waals surface area contributed by atoms with Gasteiger partial charge in [0.25, 0.3) is 0 Å². The molecule has 4 atom stereocenters. The minimum atomic E-state index is 0.182. The molecule has 104 valence electrons. The Morgan fingerprint density at radius 3 is 2.47 bits per heavy atom. The predicted molar refractivity (Wildman–Crippen MR) is 81.7 cm³/mol. The molecule has 19 heavy (non-hydrogen) atoms. The summed E-state index contributed by atoms with van der Waals surface area (Å²) in [5, 5.41) is 1.49. The summed E-state index contributed by atoms with van der Waals surface area (Å²) in [5.41, 5.74) is 7.35. The number of nitrogens with two attached hydrogens (primary N) is 1. The van der Waals surface area contributed by atoms with E-state index in [2.05, 4.69) is 0 Å². The van der Waals surface area contributed by atoms with E-state index >= 15 is 0 Å². The summed E-state index contributed by atoms with van der Waals surface area (Å²) in [7, 11) is 0. The number of halogens is 2. The van der Waals surface area contributed by atoms with Crippen LogP contribution in [0.1, 0.15) is 37.7 Å². The van der Waals surface area contributed by atoms with Gasteiger partial charge in [0.05, 0.1) is 0 Å². The highest BCUT2D eigenvalue weighted by atomic mass is 35.5. The van der Waals surface area contributed by atoms with Crippen LogP contribution in [0.3, 0.4) is 0 Å². The smallest absolute Gasteiger partial charge is 0.0453 e. The van der Waals surface area contributed by atoms with Gasteiger partial charge < -0.3 is 5.73 Å². The van der Waals surface area contributed by atoms with Crippen LogP contribution in [0, 0.1) is 17.8 Å². The first-order valence-electron chi connectivity index (χ1n) is 7.32. The summed E-state index contributed by atoms with van der Waals surface area (Å²) < 4.78 is 0. The highest BCUT2D eigenvalue weighted by molar-refractivity contribution is 6.35. The lowest BCUT2D eigenvalue weighted by atomic mass is 9.83. The number of fused-ring (bicyclic) bond motifs is 2. The fourth-order valence-corrected chi connectivity index (χ4v) is 4.68. The van der Waals surface area contributed by atoms with Gasteiger partial charge in [-0.1, -0.05) is 35.7 Å². The zero-order valence-electron chi connectivity index (χ0n) is 11.1. The maximum absolute atomic E-state index is 6.34. The monoisotopic (exact) mass is 297 g/mol. The van der Waals surface area contributed by atoms with Crippen LogP contribution in [0.5, 0.6) is 0 Å². The van der Waals surface area contributed by atoms with Crippen LogP contribution in [0.4, 0.5) is 0 Å². The molecule has 2 fully saturated rings. The molecule has 0 saturated heterocycles. The third-order valence-electron chi connectivity index (χ3n) is 5.02. The van der Waals surface area contributed by atoms with Crippen molar-refractivity contribution in [3.8, 4) is 0 Å². The van der Waals surface area contributed by atoms with Gasteiger partial charge in [-0.15, -0.1) is 0 Å². The summed E-state index contributed by atoms with van der Waals surface area (Å²) in [6.07, 6.45) is 7.65. The predicted octanol–water partition coefficient (Wildman–Crippen LogP) is 4.69. The molecule has 4 unspecified atom stereocenters. The SMILES string of the molecule is NC(Cc1c(Cl)cccc1Cl)CC1CC2CCC1C2. The van der Waals surface area contributed by atoms with Gasteiger partial charge in [-0.3, -0.25) is 0 Å². The maximum atomic E-state index is 6.34. The molecule has 3 rings (SSSR count). The van der Waals surface area contributed by atoms with E-state index < -0.39 is 0 Å². The molecule has 2 bridgehead atoms. The van der Waals surface area contributed by atoms with Gasteiger partial charge in [-0.2, -0.15) is 0 Å². The lowest BCUT2D eigenvalue weighted by Gasteiger charge is -2.25. The van der Waals surface area contributed by atoms with E-state index in [-0.39, 0.29) is 6.04 Å². The van der Waals surface area contributed by atoms with Crippen LogP contribution in [0.15, 0.2) is 18.2 Å². The second kappa shape index (κ2) is 5.63. The van der Waals surface area contributed by atoms with Crippen LogP contribution >= 0.6 is 23.2 Å². The van der Waals surface area contributed by atoms with Crippen molar-refractivity contribution in [1.82, 2.24) is 0 Å². The molecule has 3 heteroatoms. The van der Waals surface area contributed by atoms with Gasteiger partial charge in [0.2, 0.25) is 0 Å². The van der Waals surface area contributed by atoms with Gasteiger partial charge in [0.15, 0.2) is 0 Å². The largest absolute Gasteiger partial charge is 0.327 e. The van der Waals surface area contributed by atoms with Crippen LogP contribution in [0.2, 0.25) is 10.0 Å². The van der Waals surface area contributed by atoms with Gasteiger partial charge in [-0.25, -0.2) is 0 Å². The molecular weight excluding hydrogens is 277 g/mol. The lowest BCUT2D eigenvalue weighted by Crippen LogP contribution is -2.28. The number of hydrogen-bond donors (Lipinski definition) is 1. The Labute approximate surface area is 125 Å². The zero-order valence-corrected chi connectivity index (χ0v) is 12.6. The van der Waals surface area contributed by atoms with Gasteiger partial charge in [0, 0.05) is 16.1 Å². The van der Waals surface area contributed by atoms with Crippen molar-refractivity contribution in [3.63, 3.8) is 0 Å². The molecular formula is C16H21Cl2N. The first kappa shape index (κ1) is 13.7. The molecule has 2 N–H and O–H groups in total. The molecule has 1 aromatic rings. The van der Waals surface area contributed by atoms with Gasteiger partial charge >= 0.3 is 0 Å². The minimum absolute atomic E-state index is 0.182. The Kier molecular flexibility index (Phi) is 4.07. The Hall–Kier alpha value is -0.240. The Morgan fingerprint density at radius 1 is 1.16 bits per heavy atom. The van der Waals surface area contributed by atoms with Crippen molar-refractivity contribution in [2.24, 2.45) is 23.5 Å². The molecule has 2 aliphatic rings. The van der Waals surface area contributed by atoms with E-state index in [1.807, 2.05) is 18.2 Å². The fourth-order valence-electron chi connectivity index (χ4n) is 4.13. The minimum Gasteiger partial charge on any atom is -0.327 e. The van der Waals surface area contributed by atoms with Crippen LogP contribution in [-0.4, -0.2) is 6.04 Å². The van der Waals surface area contributed by atoms with Crippen LogP contribution in [0.25, 0.3) is 0 Å². The molecule has 1 nitrogen and oxygen atoms in total. The highest BCUT2D eigenvalue weighted by Gasteiger charge is 2.39. The van der Waals surface area contributed by atoms with Crippen LogP contribution in [-0.2, 0) is 6.42 Å².